The van der Waals surface area contributed by atoms with Gasteiger partial charge in [-0.05, 0) is 62.1 Å². The molecular weight excluding hydrogens is 407 g/mol. The number of benzene rings is 2. The van der Waals surface area contributed by atoms with E-state index in [0.29, 0.717) is 17.8 Å². The van der Waals surface area contributed by atoms with Gasteiger partial charge in [0.15, 0.2) is 0 Å². The molecule has 1 fully saturated rings. The Kier molecular flexibility index (Phi) is 8.05. The summed E-state index contributed by atoms with van der Waals surface area (Å²) in [5.41, 5.74) is 4.31. The molecule has 1 aromatic heterocycles. The first-order valence-electron chi connectivity index (χ1n) is 9.34. The lowest BCUT2D eigenvalue weighted by atomic mass is 10.2. The van der Waals surface area contributed by atoms with Gasteiger partial charge in [0.2, 0.25) is 17.8 Å². The third kappa shape index (κ3) is 5.95. The van der Waals surface area contributed by atoms with Gasteiger partial charge < -0.3 is 15.5 Å². The summed E-state index contributed by atoms with van der Waals surface area (Å²) in [5.74, 6) is 1.81. The molecule has 1 saturated heterocycles. The minimum Gasteiger partial charge on any atom is -0.341 e. The third-order valence-corrected chi connectivity index (χ3v) is 4.56. The number of rotatable bonds is 5. The molecule has 154 valence electrons. The first-order valence-corrected chi connectivity index (χ1v) is 9.34. The van der Waals surface area contributed by atoms with Crippen molar-refractivity contribution >= 4 is 54.0 Å². The number of aromatic nitrogens is 3. The summed E-state index contributed by atoms with van der Waals surface area (Å²) in [4.78, 5) is 16.1. The fourth-order valence-corrected chi connectivity index (χ4v) is 3.24. The van der Waals surface area contributed by atoms with Gasteiger partial charge in [0.25, 0.3) is 0 Å². The van der Waals surface area contributed by atoms with E-state index in [4.69, 9.17) is 0 Å². The van der Waals surface area contributed by atoms with Crippen LogP contribution in [0.25, 0.3) is 0 Å². The first-order chi connectivity index (χ1) is 13.2. The largest absolute Gasteiger partial charge is 0.341 e. The Balaban J connectivity index is 0.00000150. The second-order valence-electron chi connectivity index (χ2n) is 6.97. The Morgan fingerprint density at radius 3 is 1.66 bits per heavy atom. The van der Waals surface area contributed by atoms with Gasteiger partial charge in [-0.15, -0.1) is 24.8 Å². The summed E-state index contributed by atoms with van der Waals surface area (Å²) in [6.07, 6.45) is 2.35. The predicted octanol–water partition coefficient (Wildman–Crippen LogP) is 5.42. The van der Waals surface area contributed by atoms with Crippen LogP contribution >= 0.6 is 24.8 Å². The van der Waals surface area contributed by atoms with Crippen LogP contribution in [0.1, 0.15) is 24.0 Å². The smallest absolute Gasteiger partial charge is 0.233 e. The average molecular weight is 433 g/mol. The van der Waals surface area contributed by atoms with Crippen LogP contribution in [-0.2, 0) is 0 Å². The van der Waals surface area contributed by atoms with E-state index in [0.717, 1.165) is 24.5 Å². The zero-order valence-corrected chi connectivity index (χ0v) is 18.2. The Bertz CT molecular complexity index is 878. The zero-order chi connectivity index (χ0) is 18.6. The minimum atomic E-state index is 0. The number of nitrogens with zero attached hydrogens (tertiary/aromatic N) is 4. The van der Waals surface area contributed by atoms with Gasteiger partial charge in [0.05, 0.1) is 0 Å². The predicted molar refractivity (Wildman–Crippen MR) is 125 cm³/mol. The van der Waals surface area contributed by atoms with E-state index >= 15 is 0 Å². The number of aryl methyl sites for hydroxylation is 2. The number of hydrogen-bond acceptors (Lipinski definition) is 6. The highest BCUT2D eigenvalue weighted by Crippen LogP contribution is 2.23. The van der Waals surface area contributed by atoms with Crippen molar-refractivity contribution in [2.24, 2.45) is 0 Å². The Hall–Kier alpha value is -2.57. The molecule has 0 saturated carbocycles. The number of hydrogen-bond donors (Lipinski definition) is 2. The third-order valence-electron chi connectivity index (χ3n) is 4.56. The van der Waals surface area contributed by atoms with E-state index in [-0.39, 0.29) is 24.8 Å². The van der Waals surface area contributed by atoms with Crippen molar-refractivity contribution in [1.82, 2.24) is 15.0 Å². The van der Waals surface area contributed by atoms with E-state index < -0.39 is 0 Å². The number of anilines is 5. The van der Waals surface area contributed by atoms with Crippen molar-refractivity contribution in [3.8, 4) is 0 Å². The van der Waals surface area contributed by atoms with E-state index in [9.17, 15) is 0 Å². The normalized spacial score (nSPS) is 12.7. The number of nitrogens with one attached hydrogen (secondary N) is 2. The van der Waals surface area contributed by atoms with Gasteiger partial charge in [0, 0.05) is 24.5 Å². The van der Waals surface area contributed by atoms with Crippen LogP contribution in [0.2, 0.25) is 0 Å². The molecule has 0 amide bonds. The lowest BCUT2D eigenvalue weighted by molar-refractivity contribution is 0.886. The lowest BCUT2D eigenvalue weighted by Crippen LogP contribution is -2.21. The monoisotopic (exact) mass is 432 g/mol. The van der Waals surface area contributed by atoms with Crippen LogP contribution in [-0.4, -0.2) is 28.0 Å². The van der Waals surface area contributed by atoms with Gasteiger partial charge in [-0.2, -0.15) is 15.0 Å². The molecule has 1 aliphatic heterocycles. The maximum absolute atomic E-state index is 4.65. The Morgan fingerprint density at radius 1 is 0.724 bits per heavy atom. The molecule has 4 rings (SSSR count). The molecule has 8 heteroatoms. The van der Waals surface area contributed by atoms with Crippen LogP contribution in [0.3, 0.4) is 0 Å². The van der Waals surface area contributed by atoms with Crippen LogP contribution in [0, 0.1) is 13.8 Å². The van der Waals surface area contributed by atoms with E-state index in [1.165, 1.54) is 24.0 Å². The van der Waals surface area contributed by atoms with Crippen molar-refractivity contribution in [3.05, 3.63) is 59.7 Å². The van der Waals surface area contributed by atoms with Crippen LogP contribution < -0.4 is 15.5 Å². The average Bonchev–Trinajstić information content (AvgIpc) is 3.16. The molecule has 1 aliphatic rings. The maximum Gasteiger partial charge on any atom is 0.233 e. The van der Waals surface area contributed by atoms with Crippen molar-refractivity contribution in [1.29, 1.82) is 0 Å². The van der Waals surface area contributed by atoms with Gasteiger partial charge in [0.1, 0.15) is 0 Å². The van der Waals surface area contributed by atoms with Crippen LogP contribution in [0.5, 0.6) is 0 Å². The molecule has 29 heavy (non-hydrogen) atoms. The van der Waals surface area contributed by atoms with Crippen LogP contribution in [0.4, 0.5) is 29.2 Å². The van der Waals surface area contributed by atoms with E-state index in [2.05, 4.69) is 68.6 Å². The zero-order valence-electron chi connectivity index (χ0n) is 16.6. The molecule has 6 nitrogen and oxygen atoms in total. The lowest BCUT2D eigenvalue weighted by Gasteiger charge is -2.17. The molecule has 0 aliphatic carbocycles. The molecule has 0 atom stereocenters. The van der Waals surface area contributed by atoms with Gasteiger partial charge in [-0.25, -0.2) is 0 Å². The summed E-state index contributed by atoms with van der Waals surface area (Å²) in [7, 11) is 0. The summed E-state index contributed by atoms with van der Waals surface area (Å²) in [6.45, 7) is 6.10. The molecule has 2 aromatic carbocycles. The second-order valence-corrected chi connectivity index (χ2v) is 6.97. The summed E-state index contributed by atoms with van der Waals surface area (Å²) >= 11 is 0. The quantitative estimate of drug-likeness (QED) is 0.560. The molecule has 0 unspecified atom stereocenters. The standard InChI is InChI=1S/C21H24N6.2ClH/c1-15-7-5-9-17(13-15)22-19-24-20(23-18-10-6-8-16(2)14-18)26-21(25-19)27-11-3-4-12-27;;/h5-10,13-14H,3-4,11-12H2,1-2H3,(H2,22,23,24,25,26);2*1H. The molecule has 0 spiro atoms. The fraction of sp³-hybridized carbons (Fsp3) is 0.286. The van der Waals surface area contributed by atoms with E-state index in [1.807, 2.05) is 24.3 Å². The minimum absolute atomic E-state index is 0. The molecule has 0 bridgehead atoms. The van der Waals surface area contributed by atoms with Crippen molar-refractivity contribution in [3.63, 3.8) is 0 Å². The Labute approximate surface area is 184 Å². The van der Waals surface area contributed by atoms with Crippen molar-refractivity contribution in [2.75, 3.05) is 28.6 Å². The van der Waals surface area contributed by atoms with Crippen LogP contribution in [0.15, 0.2) is 48.5 Å². The summed E-state index contributed by atoms with van der Waals surface area (Å²) < 4.78 is 0. The van der Waals surface area contributed by atoms with Gasteiger partial charge in [-0.3, -0.25) is 0 Å². The highest BCUT2D eigenvalue weighted by Gasteiger charge is 2.17. The molecule has 2 N–H and O–H groups in total. The SMILES string of the molecule is Cc1cccc(Nc2nc(Nc3cccc(C)c3)nc(N3CCCC3)n2)c1.Cl.Cl. The first kappa shape index (κ1) is 22.7. The second kappa shape index (κ2) is 10.3. The number of halogens is 2. The highest BCUT2D eigenvalue weighted by molar-refractivity contribution is 5.85. The molecular formula is C21H26Cl2N6. The molecule has 0 radical (unpaired) electrons. The molecule has 3 aromatic rings. The van der Waals surface area contributed by atoms with Crippen molar-refractivity contribution < 1.29 is 0 Å². The molecule has 2 heterocycles. The summed E-state index contributed by atoms with van der Waals surface area (Å²) in [5, 5.41) is 6.63. The summed E-state index contributed by atoms with van der Waals surface area (Å²) in [6, 6.07) is 16.4. The van der Waals surface area contributed by atoms with E-state index in [1.54, 1.807) is 0 Å². The maximum atomic E-state index is 4.65. The topological polar surface area (TPSA) is 66.0 Å². The van der Waals surface area contributed by atoms with Gasteiger partial charge in [-0.1, -0.05) is 24.3 Å². The Morgan fingerprint density at radius 2 is 1.21 bits per heavy atom. The van der Waals surface area contributed by atoms with Gasteiger partial charge >= 0.3 is 0 Å². The van der Waals surface area contributed by atoms with Crippen molar-refractivity contribution in [2.45, 2.75) is 26.7 Å². The fourth-order valence-electron chi connectivity index (χ4n) is 3.24. The highest BCUT2D eigenvalue weighted by atomic mass is 35.5.